The van der Waals surface area contributed by atoms with Crippen molar-refractivity contribution >= 4 is 24.7 Å². The number of nitrogens with zero attached hydrogens (tertiary/aromatic N) is 3. The number of aromatic amines is 1. The number of halogens is 1. The molecule has 0 radical (unpaired) electrons. The highest BCUT2D eigenvalue weighted by atomic mass is 31.2. The fourth-order valence-corrected chi connectivity index (χ4v) is 4.52. The Morgan fingerprint density at radius 3 is 2.71 bits per heavy atom. The maximum absolute atomic E-state index is 14.0. The molecule has 0 aliphatic rings. The third-order valence-corrected chi connectivity index (χ3v) is 6.67. The van der Waals surface area contributed by atoms with Crippen molar-refractivity contribution in [3.8, 4) is 5.75 Å². The third kappa shape index (κ3) is 6.35. The molecule has 0 aliphatic heterocycles. The molecule has 0 amide bonds. The van der Waals surface area contributed by atoms with Crippen LogP contribution in [0.2, 0.25) is 0 Å². The fourth-order valence-electron chi connectivity index (χ4n) is 3.28. The van der Waals surface area contributed by atoms with Crippen LogP contribution in [0.4, 0.5) is 10.3 Å². The Hall–Kier alpha value is -3.82. The van der Waals surface area contributed by atoms with E-state index in [2.05, 4.69) is 19.4 Å². The summed E-state index contributed by atoms with van der Waals surface area (Å²) in [5.74, 6) is -2.17. The average molecular weight is 555 g/mol. The van der Waals surface area contributed by atoms with E-state index < -0.39 is 44.4 Å². The third-order valence-electron chi connectivity index (χ3n) is 5.12. The summed E-state index contributed by atoms with van der Waals surface area (Å²) in [7, 11) is -2.73. The lowest BCUT2D eigenvalue weighted by Gasteiger charge is -2.18. The molecule has 0 spiro atoms. The molecular weight excluding hydrogens is 532 g/mol. The Labute approximate surface area is 212 Å². The summed E-state index contributed by atoms with van der Waals surface area (Å²) in [5, 5.41) is 9.29. The number of imidazole rings is 1. The van der Waals surface area contributed by atoms with Crippen molar-refractivity contribution < 1.29 is 41.4 Å². The number of methoxy groups -OCH3 is 1. The van der Waals surface area contributed by atoms with Crippen LogP contribution in [0, 0.1) is 5.82 Å². The minimum Gasteiger partial charge on any atom is -0.494 e. The number of rotatable bonds is 13. The Morgan fingerprint density at radius 2 is 1.97 bits per heavy atom. The lowest BCUT2D eigenvalue weighted by atomic mass is 10.2. The number of aliphatic hydroxyl groups excluding tert-OH is 1. The topological polar surface area (TPSA) is 207 Å². The van der Waals surface area contributed by atoms with E-state index in [-0.39, 0.29) is 54.1 Å². The summed E-state index contributed by atoms with van der Waals surface area (Å²) in [6, 6.07) is 4.04. The van der Waals surface area contributed by atoms with Crippen molar-refractivity contribution in [1.82, 2.24) is 19.5 Å². The fraction of sp³-hybridized carbons (Fsp3) is 0.333. The Morgan fingerprint density at radius 1 is 1.21 bits per heavy atom. The minimum absolute atomic E-state index is 0.0216. The molecule has 4 N–H and O–H groups in total. The van der Waals surface area contributed by atoms with E-state index in [1.165, 1.54) is 30.1 Å². The van der Waals surface area contributed by atoms with Crippen LogP contribution in [0.25, 0.3) is 11.2 Å². The number of hydrogen-bond acceptors (Lipinski definition) is 13. The second-order valence-electron chi connectivity index (χ2n) is 7.68. The molecule has 0 bridgehead atoms. The Balaban J connectivity index is 1.43. The summed E-state index contributed by atoms with van der Waals surface area (Å²) in [6.45, 7) is -1.39. The maximum atomic E-state index is 14.0. The molecule has 1 unspecified atom stereocenters. The van der Waals surface area contributed by atoms with E-state index in [4.69, 9.17) is 28.7 Å². The largest absolute Gasteiger partial charge is 0.519 e. The van der Waals surface area contributed by atoms with Crippen LogP contribution in [-0.4, -0.2) is 44.7 Å². The zero-order chi connectivity index (χ0) is 27.3. The van der Waals surface area contributed by atoms with Crippen molar-refractivity contribution in [1.29, 1.82) is 0 Å². The molecule has 1 atom stereocenters. The standard InChI is InChI=1S/C21H23FN5O10P/c1-32-14-3-2-12(6-13(14)22)8-34-38(31,35-9-16-15(7-28)36-21(30)37-16)11-33-5-4-27-10-24-17-18(27)25-20(23)26-19(17)29/h2-3,6,10,28H,4-5,7-9,11H2,1H3,(H3,23,25,26,29). The van der Waals surface area contributed by atoms with Gasteiger partial charge in [0.05, 0.1) is 26.7 Å². The van der Waals surface area contributed by atoms with Crippen LogP contribution in [0.3, 0.4) is 0 Å². The van der Waals surface area contributed by atoms with Gasteiger partial charge in [-0.25, -0.2) is 14.2 Å². The first kappa shape index (κ1) is 27.2. The van der Waals surface area contributed by atoms with Gasteiger partial charge >= 0.3 is 13.4 Å². The number of anilines is 1. The molecule has 0 fully saturated rings. The van der Waals surface area contributed by atoms with E-state index in [9.17, 15) is 23.7 Å². The monoisotopic (exact) mass is 555 g/mol. The number of nitrogens with two attached hydrogens (primary N) is 1. The highest BCUT2D eigenvalue weighted by molar-refractivity contribution is 7.53. The van der Waals surface area contributed by atoms with Gasteiger partial charge in [-0.3, -0.25) is 18.9 Å². The van der Waals surface area contributed by atoms with E-state index in [1.54, 1.807) is 0 Å². The van der Waals surface area contributed by atoms with Gasteiger partial charge in [0.15, 0.2) is 34.3 Å². The lowest BCUT2D eigenvalue weighted by molar-refractivity contribution is 0.113. The van der Waals surface area contributed by atoms with E-state index >= 15 is 0 Å². The first-order chi connectivity index (χ1) is 18.2. The Bertz CT molecular complexity index is 1580. The summed E-state index contributed by atoms with van der Waals surface area (Å²) < 4.78 is 59.7. The van der Waals surface area contributed by atoms with Gasteiger partial charge in [0, 0.05) is 6.54 Å². The summed E-state index contributed by atoms with van der Waals surface area (Å²) in [4.78, 5) is 33.6. The summed E-state index contributed by atoms with van der Waals surface area (Å²) >= 11 is 0. The number of nitrogens with one attached hydrogen (secondary N) is 1. The SMILES string of the molecule is COc1ccc(COP(=O)(COCCn2cnc3c(=O)[nH]c(N)nc32)OCc2oc(=O)oc2CO)cc1F. The zero-order valence-corrected chi connectivity index (χ0v) is 20.8. The van der Waals surface area contributed by atoms with Gasteiger partial charge in [0.1, 0.15) is 19.6 Å². The molecule has 4 rings (SSSR count). The number of aromatic nitrogens is 4. The molecule has 0 aliphatic carbocycles. The van der Waals surface area contributed by atoms with Gasteiger partial charge in [-0.05, 0) is 17.7 Å². The molecule has 38 heavy (non-hydrogen) atoms. The Kier molecular flexibility index (Phi) is 8.38. The summed E-state index contributed by atoms with van der Waals surface area (Å²) in [6.07, 6.45) is 0.822. The second kappa shape index (κ2) is 11.7. The van der Waals surface area contributed by atoms with Crippen molar-refractivity contribution in [2.75, 3.05) is 25.8 Å². The first-order valence-electron chi connectivity index (χ1n) is 10.9. The lowest BCUT2D eigenvalue weighted by Crippen LogP contribution is -2.13. The van der Waals surface area contributed by atoms with Crippen molar-refractivity contribution in [2.24, 2.45) is 0 Å². The van der Waals surface area contributed by atoms with Crippen LogP contribution >= 0.6 is 7.60 Å². The zero-order valence-electron chi connectivity index (χ0n) is 19.9. The van der Waals surface area contributed by atoms with Crippen molar-refractivity contribution in [3.63, 3.8) is 0 Å². The predicted octanol–water partition coefficient (Wildman–Crippen LogP) is 1.49. The van der Waals surface area contributed by atoms with Gasteiger partial charge in [0.25, 0.3) is 5.56 Å². The molecule has 3 heterocycles. The molecule has 4 aromatic rings. The van der Waals surface area contributed by atoms with Crippen LogP contribution in [0.5, 0.6) is 5.75 Å². The number of H-pyrrole nitrogens is 1. The van der Waals surface area contributed by atoms with E-state index in [1.807, 2.05) is 0 Å². The van der Waals surface area contributed by atoms with Gasteiger partial charge in [-0.2, -0.15) is 4.98 Å². The molecule has 204 valence electrons. The number of benzene rings is 1. The minimum atomic E-state index is -4.05. The van der Waals surface area contributed by atoms with Gasteiger partial charge in [0.2, 0.25) is 5.95 Å². The van der Waals surface area contributed by atoms with Crippen molar-refractivity contribution in [2.45, 2.75) is 26.4 Å². The van der Waals surface area contributed by atoms with E-state index in [0.29, 0.717) is 5.56 Å². The van der Waals surface area contributed by atoms with Gasteiger partial charge in [-0.1, -0.05) is 6.07 Å². The normalized spacial score (nSPS) is 13.1. The van der Waals surface area contributed by atoms with Gasteiger partial charge in [-0.15, -0.1) is 0 Å². The smallest absolute Gasteiger partial charge is 0.494 e. The van der Waals surface area contributed by atoms with Crippen molar-refractivity contribution in [3.05, 3.63) is 68.4 Å². The highest BCUT2D eigenvalue weighted by Gasteiger charge is 2.28. The predicted molar refractivity (Wildman–Crippen MR) is 127 cm³/mol. The van der Waals surface area contributed by atoms with Gasteiger partial charge < -0.3 is 38.2 Å². The second-order valence-corrected chi connectivity index (χ2v) is 9.68. The highest BCUT2D eigenvalue weighted by Crippen LogP contribution is 2.50. The average Bonchev–Trinajstić information content (AvgIpc) is 3.47. The summed E-state index contributed by atoms with van der Waals surface area (Å²) in [5.41, 5.74) is 5.74. The number of fused-ring (bicyclic) bond motifs is 1. The molecule has 0 saturated heterocycles. The molecular formula is C21H23FN5O10P. The van der Waals surface area contributed by atoms with Crippen LogP contribution in [0.1, 0.15) is 17.1 Å². The molecule has 3 aromatic heterocycles. The number of nitrogen functional groups attached to an aromatic ring is 1. The molecule has 1 aromatic carbocycles. The maximum Gasteiger partial charge on any atom is 0.519 e. The number of hydrogen-bond donors (Lipinski definition) is 3. The van der Waals surface area contributed by atoms with Crippen LogP contribution in [-0.2, 0) is 44.7 Å². The van der Waals surface area contributed by atoms with E-state index in [0.717, 1.165) is 6.07 Å². The quantitative estimate of drug-likeness (QED) is 0.158. The number of aliphatic hydroxyl groups is 1. The molecule has 0 saturated carbocycles. The molecule has 17 heteroatoms. The first-order valence-corrected chi connectivity index (χ1v) is 12.7. The number of ether oxygens (including phenoxy) is 2. The van der Waals surface area contributed by atoms with Crippen LogP contribution in [0.15, 0.2) is 42.9 Å². The molecule has 15 nitrogen and oxygen atoms in total. The van der Waals surface area contributed by atoms with Crippen LogP contribution < -0.4 is 21.9 Å².